The number of carboxylic acid groups (broad SMARTS) is 1. The minimum Gasteiger partial charge on any atom is -0.481 e. The first-order chi connectivity index (χ1) is 34.6. The lowest BCUT2D eigenvalue weighted by Gasteiger charge is -2.20. The van der Waals surface area contributed by atoms with E-state index in [1.807, 2.05) is 79.1 Å². The number of fused-ring (bicyclic) bond motifs is 1. The summed E-state index contributed by atoms with van der Waals surface area (Å²) >= 11 is 0. The molecule has 0 saturated heterocycles. The molecular weight excluding hydrogens is 927 g/mol. The van der Waals surface area contributed by atoms with E-state index in [-0.39, 0.29) is 72.5 Å². The van der Waals surface area contributed by atoms with Crippen LogP contribution in [-0.2, 0) is 22.6 Å². The third-order valence-electron chi connectivity index (χ3n) is 11.6. The maximum absolute atomic E-state index is 14.2. The molecule has 0 saturated carbocycles. The summed E-state index contributed by atoms with van der Waals surface area (Å²) in [5.41, 5.74) is 18.4. The van der Waals surface area contributed by atoms with Gasteiger partial charge in [0.05, 0.1) is 48.9 Å². The van der Waals surface area contributed by atoms with Crippen molar-refractivity contribution in [1.82, 2.24) is 29.3 Å². The lowest BCUT2D eigenvalue weighted by atomic mass is 9.94. The second-order valence-electron chi connectivity index (χ2n) is 17.1. The van der Waals surface area contributed by atoms with Gasteiger partial charge in [-0.05, 0) is 84.5 Å². The number of nitrogens with one attached hydrogen (secondary N) is 1. The SMILES string of the molecule is CC(C)c1c(C(=O)Nc2ccccc2)c(-c2ccccc2)c(-c2ccc(F)cc2)n1CC[C@@H](O)C[C@@H](O)CC(=O)O.COC(=O)N(C)c1c(N)nc(-c2nn(Cc3ccccc3F)c3ncccc23)nc1N. The fourth-order valence-electron chi connectivity index (χ4n) is 8.44. The third kappa shape index (κ3) is 11.7. The number of methoxy groups -OCH3 is 1. The molecule has 0 radical (unpaired) electrons. The molecule has 0 aliphatic rings. The number of benzene rings is 4. The molecule has 0 aliphatic carbocycles. The molecule has 8 N–H and O–H groups in total. The van der Waals surface area contributed by atoms with Gasteiger partial charge in [0, 0.05) is 42.3 Å². The van der Waals surface area contributed by atoms with Crippen molar-refractivity contribution in [1.29, 1.82) is 0 Å². The van der Waals surface area contributed by atoms with E-state index in [0.29, 0.717) is 50.4 Å². The number of hydrogen-bond donors (Lipinski definition) is 6. The summed E-state index contributed by atoms with van der Waals surface area (Å²) in [7, 11) is 2.68. The van der Waals surface area contributed by atoms with Crippen molar-refractivity contribution >= 4 is 52.0 Å². The quantitative estimate of drug-likeness (QED) is 0.0530. The van der Waals surface area contributed by atoms with Crippen molar-refractivity contribution in [3.05, 3.63) is 156 Å². The molecule has 0 aliphatic heterocycles. The number of halogens is 2. The second-order valence-corrected chi connectivity index (χ2v) is 17.1. The molecule has 372 valence electrons. The van der Waals surface area contributed by atoms with Crippen molar-refractivity contribution in [2.75, 3.05) is 35.8 Å². The van der Waals surface area contributed by atoms with Gasteiger partial charge >= 0.3 is 12.1 Å². The number of carbonyl (C=O) groups excluding carboxylic acids is 2. The van der Waals surface area contributed by atoms with Gasteiger partial charge < -0.3 is 41.4 Å². The van der Waals surface area contributed by atoms with Crippen LogP contribution in [0, 0.1) is 11.6 Å². The van der Waals surface area contributed by atoms with Crippen LogP contribution < -0.4 is 21.7 Å². The highest BCUT2D eigenvalue weighted by atomic mass is 19.1. The molecule has 0 fully saturated rings. The van der Waals surface area contributed by atoms with Crippen LogP contribution >= 0.6 is 0 Å². The van der Waals surface area contributed by atoms with E-state index in [1.165, 1.54) is 32.4 Å². The van der Waals surface area contributed by atoms with Crippen LogP contribution in [0.15, 0.2) is 128 Å². The predicted octanol–water partition coefficient (Wildman–Crippen LogP) is 8.76. The highest BCUT2D eigenvalue weighted by Gasteiger charge is 2.31. The maximum Gasteiger partial charge on any atom is 0.413 e. The number of nitrogens with two attached hydrogens (primary N) is 2. The van der Waals surface area contributed by atoms with Crippen molar-refractivity contribution in [3.63, 3.8) is 0 Å². The number of aliphatic hydroxyl groups is 2. The van der Waals surface area contributed by atoms with Crippen LogP contribution in [0.2, 0.25) is 0 Å². The van der Waals surface area contributed by atoms with Crippen LogP contribution in [-0.4, -0.2) is 89.0 Å². The largest absolute Gasteiger partial charge is 0.481 e. The molecule has 19 heteroatoms. The second kappa shape index (κ2) is 22.9. The number of amides is 2. The van der Waals surface area contributed by atoms with Gasteiger partial charge in [0.2, 0.25) is 0 Å². The van der Waals surface area contributed by atoms with Gasteiger partial charge in [-0.15, -0.1) is 0 Å². The van der Waals surface area contributed by atoms with Crippen molar-refractivity contribution in [2.24, 2.45) is 0 Å². The summed E-state index contributed by atoms with van der Waals surface area (Å²) in [6.45, 7) is 4.41. The van der Waals surface area contributed by atoms with E-state index in [0.717, 1.165) is 16.2 Å². The molecule has 4 aromatic carbocycles. The average Bonchev–Trinajstić information content (AvgIpc) is 3.90. The first kappa shape index (κ1) is 51.3. The first-order valence-electron chi connectivity index (χ1n) is 22.9. The Morgan fingerprint density at radius 2 is 1.46 bits per heavy atom. The maximum atomic E-state index is 14.2. The topological polar surface area (TPSA) is 250 Å². The number of pyridine rings is 1. The summed E-state index contributed by atoms with van der Waals surface area (Å²) in [4.78, 5) is 50.9. The average molecular weight is 981 g/mol. The summed E-state index contributed by atoms with van der Waals surface area (Å²) in [5.74, 6) is -2.16. The molecule has 0 bridgehead atoms. The Morgan fingerprint density at radius 3 is 2.08 bits per heavy atom. The Labute approximate surface area is 413 Å². The first-order valence-corrected chi connectivity index (χ1v) is 22.9. The summed E-state index contributed by atoms with van der Waals surface area (Å²) < 4.78 is 36.4. The number of carbonyl (C=O) groups is 3. The number of carboxylic acids is 1. The number of aliphatic hydroxyl groups excluding tert-OH is 2. The van der Waals surface area contributed by atoms with E-state index in [1.54, 1.807) is 53.3 Å². The van der Waals surface area contributed by atoms with E-state index >= 15 is 0 Å². The Kier molecular flexibility index (Phi) is 16.3. The zero-order valence-corrected chi connectivity index (χ0v) is 39.9. The summed E-state index contributed by atoms with van der Waals surface area (Å²) in [6.07, 6.45) is -1.56. The Balaban J connectivity index is 0.000000219. The number of nitrogen functional groups attached to an aromatic ring is 2. The number of para-hydroxylation sites is 1. The van der Waals surface area contributed by atoms with E-state index in [9.17, 15) is 33.4 Å². The lowest BCUT2D eigenvalue weighted by Crippen LogP contribution is -2.28. The van der Waals surface area contributed by atoms with Crippen molar-refractivity contribution in [3.8, 4) is 33.9 Å². The van der Waals surface area contributed by atoms with E-state index in [4.69, 9.17) is 16.6 Å². The number of ether oxygens (including phenoxy) is 1. The van der Waals surface area contributed by atoms with Crippen LogP contribution in [0.3, 0.4) is 0 Å². The van der Waals surface area contributed by atoms with Gasteiger partial charge in [0.25, 0.3) is 5.91 Å². The minimum absolute atomic E-state index is 0.0175. The van der Waals surface area contributed by atoms with Gasteiger partial charge in [0.15, 0.2) is 23.1 Å². The highest BCUT2D eigenvalue weighted by Crippen LogP contribution is 2.43. The molecular formula is C53H54F2N10O7. The van der Waals surface area contributed by atoms with Crippen molar-refractivity contribution in [2.45, 2.75) is 64.3 Å². The molecule has 4 aromatic heterocycles. The summed E-state index contributed by atoms with van der Waals surface area (Å²) in [6, 6.07) is 34.8. The molecule has 8 rings (SSSR count). The Bertz CT molecular complexity index is 3160. The summed E-state index contributed by atoms with van der Waals surface area (Å²) in [5, 5.41) is 38.0. The zero-order valence-electron chi connectivity index (χ0n) is 39.9. The number of aromatic nitrogens is 6. The van der Waals surface area contributed by atoms with Gasteiger partial charge in [-0.1, -0.05) is 80.6 Å². The normalized spacial score (nSPS) is 12.0. The Hall–Kier alpha value is -8.55. The molecule has 72 heavy (non-hydrogen) atoms. The number of anilines is 4. The molecule has 2 amide bonds. The van der Waals surface area contributed by atoms with Crippen LogP contribution in [0.5, 0.6) is 0 Å². The van der Waals surface area contributed by atoms with Crippen LogP contribution in [0.25, 0.3) is 44.9 Å². The molecule has 17 nitrogen and oxygen atoms in total. The van der Waals surface area contributed by atoms with E-state index < -0.39 is 30.7 Å². The number of aliphatic carboxylic acids is 1. The van der Waals surface area contributed by atoms with Crippen molar-refractivity contribution < 1.29 is 43.2 Å². The van der Waals surface area contributed by atoms with Gasteiger partial charge in [0.1, 0.15) is 23.0 Å². The third-order valence-corrected chi connectivity index (χ3v) is 11.6. The Morgan fingerprint density at radius 1 is 0.819 bits per heavy atom. The molecule has 2 atom stereocenters. The molecule has 8 aromatic rings. The molecule has 0 spiro atoms. The number of hydrogen-bond acceptors (Lipinski definition) is 12. The van der Waals surface area contributed by atoms with E-state index in [2.05, 4.69) is 30.1 Å². The van der Waals surface area contributed by atoms with Gasteiger partial charge in [-0.2, -0.15) is 5.10 Å². The highest BCUT2D eigenvalue weighted by molar-refractivity contribution is 6.12. The number of nitrogens with zero attached hydrogens (tertiary/aromatic N) is 7. The molecule has 4 heterocycles. The smallest absolute Gasteiger partial charge is 0.413 e. The van der Waals surface area contributed by atoms with Crippen LogP contribution in [0.1, 0.15) is 60.6 Å². The van der Waals surface area contributed by atoms with Crippen LogP contribution in [0.4, 0.5) is 36.6 Å². The fourth-order valence-corrected chi connectivity index (χ4v) is 8.44. The monoisotopic (exact) mass is 980 g/mol. The van der Waals surface area contributed by atoms with Gasteiger partial charge in [-0.3, -0.25) is 14.5 Å². The molecule has 0 unspecified atom stereocenters. The zero-order chi connectivity index (χ0) is 51.6. The van der Waals surface area contributed by atoms with Gasteiger partial charge in [-0.25, -0.2) is 33.2 Å². The standard InChI is InChI=1S/C33H35FN2O5.C20H19FN8O2/c1-21(2)31-30(33(41)35-25-11-7-4-8-12-25)29(22-9-5-3-6-10-22)32(23-13-15-24(34)16-14-23)36(31)18-17-26(37)19-27(38)20-28(39)40;1-28(20(30)31-2)15-16(22)25-18(26-17(15)23)14-12-7-5-9-24-19(12)29(27-14)10-11-6-3-4-8-13(11)21/h3-16,21,26-27,37-38H,17-20H2,1-2H3,(H,35,41)(H,39,40);3-9H,10H2,1-2H3,(H4,22,23,25,26)/t26-,27-;/m1./s1. The number of rotatable bonds is 16. The lowest BCUT2D eigenvalue weighted by molar-refractivity contribution is -0.139. The minimum atomic E-state index is -1.18. The predicted molar refractivity (Wildman–Crippen MR) is 271 cm³/mol. The fraction of sp³-hybridized carbons (Fsp3) is 0.226.